The van der Waals surface area contributed by atoms with Crippen molar-refractivity contribution in [1.29, 1.82) is 0 Å². The topological polar surface area (TPSA) is 47.6 Å². The van der Waals surface area contributed by atoms with Crippen LogP contribution in [-0.2, 0) is 4.79 Å². The Balaban J connectivity index is 2.12. The maximum Gasteiger partial charge on any atom is 0.387 e. The van der Waals surface area contributed by atoms with Gasteiger partial charge in [-0.25, -0.2) is 8.78 Å². The Morgan fingerprint density at radius 1 is 0.966 bits per heavy atom. The highest BCUT2D eigenvalue weighted by Crippen LogP contribution is 2.28. The van der Waals surface area contributed by atoms with Crippen LogP contribution in [0.1, 0.15) is 24.1 Å². The predicted octanol–water partition coefficient (Wildman–Crippen LogP) is 5.06. The summed E-state index contributed by atoms with van der Waals surface area (Å²) in [5, 5.41) is 2.48. The number of nitrogens with one attached hydrogen (secondary N) is 1. The quantitative estimate of drug-likeness (QED) is 0.481. The molecule has 0 radical (unpaired) electrons. The molecule has 1 amide bonds. The molecule has 0 aliphatic heterocycles. The molecule has 0 fully saturated rings. The third kappa shape index (κ3) is 6.74. The summed E-state index contributed by atoms with van der Waals surface area (Å²) in [6.45, 7) is -4.86. The largest absolute Gasteiger partial charge is 0.435 e. The van der Waals surface area contributed by atoms with Gasteiger partial charge in [-0.2, -0.15) is 17.6 Å². The molecule has 0 bridgehead atoms. The molecule has 0 saturated carbocycles. The molecule has 1 atom stereocenters. The molecule has 0 aliphatic rings. The van der Waals surface area contributed by atoms with Crippen LogP contribution in [0.2, 0.25) is 0 Å². The molecular weight excluding hydrogens is 404 g/mol. The summed E-state index contributed by atoms with van der Waals surface area (Å²) < 4.78 is 84.2. The van der Waals surface area contributed by atoms with E-state index in [0.29, 0.717) is 5.56 Å². The first-order valence-electron chi connectivity index (χ1n) is 8.13. The maximum absolute atomic E-state index is 13.3. The van der Waals surface area contributed by atoms with E-state index in [1.165, 1.54) is 13.0 Å². The fourth-order valence-electron chi connectivity index (χ4n) is 2.32. The van der Waals surface area contributed by atoms with Crippen molar-refractivity contribution in [3.63, 3.8) is 0 Å². The monoisotopic (exact) mass is 419 g/mol. The molecule has 29 heavy (non-hydrogen) atoms. The number of hydrogen-bond acceptors (Lipinski definition) is 3. The van der Waals surface area contributed by atoms with Crippen molar-refractivity contribution >= 4 is 12.0 Å². The Bertz CT molecular complexity index is 888. The molecule has 10 heteroatoms. The highest BCUT2D eigenvalue weighted by Gasteiger charge is 2.14. The fourth-order valence-corrected chi connectivity index (χ4v) is 2.32. The van der Waals surface area contributed by atoms with E-state index in [1.54, 1.807) is 0 Å². The normalized spacial score (nSPS) is 12.4. The minimum atomic E-state index is -3.23. The molecule has 0 saturated heterocycles. The van der Waals surface area contributed by atoms with Crippen molar-refractivity contribution in [2.75, 3.05) is 0 Å². The highest BCUT2D eigenvalue weighted by atomic mass is 19.3. The van der Waals surface area contributed by atoms with E-state index in [4.69, 9.17) is 0 Å². The van der Waals surface area contributed by atoms with Crippen LogP contribution < -0.4 is 14.8 Å². The molecule has 0 aliphatic carbocycles. The number of hydrogen-bond donors (Lipinski definition) is 1. The second-order valence-corrected chi connectivity index (χ2v) is 5.69. The van der Waals surface area contributed by atoms with Gasteiger partial charge in [-0.1, -0.05) is 6.07 Å². The van der Waals surface area contributed by atoms with Crippen LogP contribution in [0.25, 0.3) is 6.08 Å². The Kier molecular flexibility index (Phi) is 7.52. The van der Waals surface area contributed by atoms with Gasteiger partial charge in [0.05, 0.1) is 6.04 Å². The van der Waals surface area contributed by atoms with Gasteiger partial charge in [0.15, 0.2) is 11.6 Å². The Hall–Kier alpha value is -3.17. The van der Waals surface area contributed by atoms with E-state index in [1.807, 2.05) is 0 Å². The van der Waals surface area contributed by atoms with E-state index in [0.717, 1.165) is 42.5 Å². The number of rotatable bonds is 8. The van der Waals surface area contributed by atoms with Gasteiger partial charge in [0.2, 0.25) is 5.91 Å². The summed E-state index contributed by atoms with van der Waals surface area (Å²) in [5.41, 5.74) is 0.309. The van der Waals surface area contributed by atoms with Crippen LogP contribution in [0.3, 0.4) is 0 Å². The summed E-state index contributed by atoms with van der Waals surface area (Å²) in [4.78, 5) is 12.0. The zero-order chi connectivity index (χ0) is 21.6. The minimum Gasteiger partial charge on any atom is -0.435 e. The van der Waals surface area contributed by atoms with Crippen molar-refractivity contribution < 1.29 is 40.6 Å². The average molecular weight is 419 g/mol. The van der Waals surface area contributed by atoms with Crippen molar-refractivity contribution in [3.05, 3.63) is 65.2 Å². The summed E-state index contributed by atoms with van der Waals surface area (Å²) in [6.07, 6.45) is 2.11. The van der Waals surface area contributed by atoms with Crippen LogP contribution in [0.4, 0.5) is 26.3 Å². The van der Waals surface area contributed by atoms with Gasteiger partial charge in [-0.05, 0) is 42.8 Å². The molecule has 2 aromatic rings. The van der Waals surface area contributed by atoms with Crippen LogP contribution in [-0.4, -0.2) is 19.1 Å². The first kappa shape index (κ1) is 22.1. The van der Waals surface area contributed by atoms with Gasteiger partial charge < -0.3 is 14.8 Å². The first-order chi connectivity index (χ1) is 13.7. The van der Waals surface area contributed by atoms with Gasteiger partial charge >= 0.3 is 13.2 Å². The van der Waals surface area contributed by atoms with E-state index in [2.05, 4.69) is 14.8 Å². The molecule has 2 rings (SSSR count). The molecule has 0 spiro atoms. The van der Waals surface area contributed by atoms with E-state index in [9.17, 15) is 31.1 Å². The lowest BCUT2D eigenvalue weighted by Gasteiger charge is -2.13. The van der Waals surface area contributed by atoms with Crippen LogP contribution in [0.15, 0.2) is 42.5 Å². The lowest BCUT2D eigenvalue weighted by Crippen LogP contribution is -2.24. The minimum absolute atomic E-state index is 0.00236. The predicted molar refractivity (Wildman–Crippen MR) is 91.7 cm³/mol. The lowest BCUT2D eigenvalue weighted by atomic mass is 10.1. The lowest BCUT2D eigenvalue weighted by molar-refractivity contribution is -0.117. The second-order valence-electron chi connectivity index (χ2n) is 5.69. The molecule has 4 nitrogen and oxygen atoms in total. The number of carbonyl (C=O) groups is 1. The first-order valence-corrected chi connectivity index (χ1v) is 8.13. The second kappa shape index (κ2) is 9.85. The van der Waals surface area contributed by atoms with Gasteiger partial charge in [-0.15, -0.1) is 0 Å². The Morgan fingerprint density at radius 3 is 2.28 bits per heavy atom. The molecular formula is C19H15F6NO3. The SMILES string of the molecule is CC(NC(=O)/C=C/c1ccc(OC(F)F)cc1OC(F)F)c1ccc(F)c(F)c1. The molecule has 0 aromatic heterocycles. The zero-order valence-electron chi connectivity index (χ0n) is 14.8. The van der Waals surface area contributed by atoms with E-state index in [-0.39, 0.29) is 5.56 Å². The van der Waals surface area contributed by atoms with Crippen molar-refractivity contribution in [2.24, 2.45) is 0 Å². The molecule has 1 unspecified atom stereocenters. The van der Waals surface area contributed by atoms with Crippen molar-refractivity contribution in [2.45, 2.75) is 26.2 Å². The smallest absolute Gasteiger partial charge is 0.387 e. The number of benzene rings is 2. The van der Waals surface area contributed by atoms with Crippen molar-refractivity contribution in [1.82, 2.24) is 5.32 Å². The number of amides is 1. The zero-order valence-corrected chi connectivity index (χ0v) is 14.8. The molecule has 1 N–H and O–H groups in total. The van der Waals surface area contributed by atoms with Crippen LogP contribution in [0, 0.1) is 11.6 Å². The van der Waals surface area contributed by atoms with Gasteiger partial charge in [0, 0.05) is 17.7 Å². The fraction of sp³-hybridized carbons (Fsp3) is 0.211. The molecule has 2 aromatic carbocycles. The Labute approximate surface area is 161 Å². The van der Waals surface area contributed by atoms with Gasteiger partial charge in [-0.3, -0.25) is 4.79 Å². The summed E-state index contributed by atoms with van der Waals surface area (Å²) in [5.74, 6) is -3.64. The van der Waals surface area contributed by atoms with Gasteiger partial charge in [0.1, 0.15) is 11.5 Å². The molecule has 0 heterocycles. The maximum atomic E-state index is 13.3. The molecule has 156 valence electrons. The number of alkyl halides is 4. The van der Waals surface area contributed by atoms with Crippen molar-refractivity contribution in [3.8, 4) is 11.5 Å². The number of halogens is 6. The third-order valence-electron chi connectivity index (χ3n) is 3.64. The third-order valence-corrected chi connectivity index (χ3v) is 3.64. The summed E-state index contributed by atoms with van der Waals surface area (Å²) in [7, 11) is 0. The summed E-state index contributed by atoms with van der Waals surface area (Å²) in [6, 6.07) is 5.54. The van der Waals surface area contributed by atoms with Gasteiger partial charge in [0.25, 0.3) is 0 Å². The highest BCUT2D eigenvalue weighted by molar-refractivity contribution is 5.92. The Morgan fingerprint density at radius 2 is 1.66 bits per heavy atom. The average Bonchev–Trinajstić information content (AvgIpc) is 2.62. The van der Waals surface area contributed by atoms with Crippen LogP contribution >= 0.6 is 0 Å². The number of carbonyl (C=O) groups excluding carboxylic acids is 1. The number of ether oxygens (including phenoxy) is 2. The van der Waals surface area contributed by atoms with E-state index < -0.39 is 48.3 Å². The van der Waals surface area contributed by atoms with E-state index >= 15 is 0 Å². The van der Waals surface area contributed by atoms with Crippen LogP contribution in [0.5, 0.6) is 11.5 Å². The summed E-state index contributed by atoms with van der Waals surface area (Å²) >= 11 is 0. The standard InChI is InChI=1S/C19H15F6NO3/c1-10(12-3-6-14(20)15(21)8-12)26-17(27)7-4-11-2-5-13(28-18(22)23)9-16(11)29-19(24)25/h2-10,18-19H,1H3,(H,26,27)/b7-4+.